The zero-order chi connectivity index (χ0) is 18.0. The molecule has 1 aromatic rings. The lowest BCUT2D eigenvalue weighted by Crippen LogP contribution is -2.42. The minimum Gasteiger partial charge on any atom is -0.492 e. The molecule has 0 aliphatic carbocycles. The molecule has 5 heteroatoms. The van der Waals surface area contributed by atoms with Gasteiger partial charge in [-0.2, -0.15) is 5.26 Å². The fourth-order valence-corrected chi connectivity index (χ4v) is 2.52. The van der Waals surface area contributed by atoms with Crippen molar-refractivity contribution in [2.24, 2.45) is 0 Å². The van der Waals surface area contributed by atoms with Crippen LogP contribution in [-0.2, 0) is 9.53 Å². The van der Waals surface area contributed by atoms with Crippen molar-refractivity contribution in [3.8, 4) is 11.8 Å². The molecule has 1 aromatic carbocycles. The number of hydrogen-bond donors (Lipinski definition) is 1. The molecule has 132 valence electrons. The van der Waals surface area contributed by atoms with Gasteiger partial charge in [0.2, 0.25) is 0 Å². The minimum atomic E-state index is -0.866. The number of unbranched alkanes of at least 4 members (excludes halogenated alkanes) is 2. The number of carbonyl (C=O) groups is 1. The first-order valence-electron chi connectivity index (χ1n) is 8.63. The van der Waals surface area contributed by atoms with Gasteiger partial charge in [0, 0.05) is 12.3 Å². The second kappa shape index (κ2) is 9.94. The Morgan fingerprint density at radius 1 is 1.25 bits per heavy atom. The Morgan fingerprint density at radius 3 is 2.58 bits per heavy atom. The quantitative estimate of drug-likeness (QED) is 0.649. The Bertz CT molecular complexity index is 580. The van der Waals surface area contributed by atoms with Gasteiger partial charge in [-0.25, -0.2) is 0 Å². The molecular formula is C19H28N2O3. The number of nitrogens with zero attached hydrogens (tertiary/aromatic N) is 1. The molecule has 5 nitrogen and oxygen atoms in total. The number of benzene rings is 1. The average molecular weight is 332 g/mol. The molecule has 0 aliphatic heterocycles. The van der Waals surface area contributed by atoms with E-state index in [1.165, 1.54) is 0 Å². The molecule has 1 amide bonds. The summed E-state index contributed by atoms with van der Waals surface area (Å²) in [4.78, 5) is 12.7. The summed E-state index contributed by atoms with van der Waals surface area (Å²) in [6.45, 7) is 8.66. The van der Waals surface area contributed by atoms with Gasteiger partial charge in [-0.3, -0.25) is 4.79 Å². The Kier molecular flexibility index (Phi) is 8.28. The van der Waals surface area contributed by atoms with Gasteiger partial charge in [0.05, 0.1) is 12.2 Å². The van der Waals surface area contributed by atoms with Crippen LogP contribution in [0.5, 0.6) is 5.75 Å². The number of anilines is 1. The summed E-state index contributed by atoms with van der Waals surface area (Å²) < 4.78 is 11.1. The maximum atomic E-state index is 12.7. The van der Waals surface area contributed by atoms with Gasteiger partial charge in [0.25, 0.3) is 5.91 Å². The normalized spacial score (nSPS) is 13.0. The number of rotatable bonds is 10. The van der Waals surface area contributed by atoms with Crippen LogP contribution < -0.4 is 10.1 Å². The fraction of sp³-hybridized carbons (Fsp3) is 0.579. The second-order valence-corrected chi connectivity index (χ2v) is 5.83. The summed E-state index contributed by atoms with van der Waals surface area (Å²) >= 11 is 0. The summed E-state index contributed by atoms with van der Waals surface area (Å²) in [6.07, 6.45) is 3.77. The van der Waals surface area contributed by atoms with Crippen molar-refractivity contribution in [2.45, 2.75) is 59.0 Å². The van der Waals surface area contributed by atoms with Crippen LogP contribution in [0.4, 0.5) is 5.69 Å². The molecule has 24 heavy (non-hydrogen) atoms. The molecule has 0 saturated heterocycles. The van der Waals surface area contributed by atoms with E-state index in [0.717, 1.165) is 19.3 Å². The smallest absolute Gasteiger partial charge is 0.256 e. The van der Waals surface area contributed by atoms with E-state index in [9.17, 15) is 10.1 Å². The lowest BCUT2D eigenvalue weighted by Gasteiger charge is -2.28. The van der Waals surface area contributed by atoms with Crippen LogP contribution >= 0.6 is 0 Å². The summed E-state index contributed by atoms with van der Waals surface area (Å²) in [5.74, 6) is 0.335. The lowest BCUT2D eigenvalue weighted by atomic mass is 9.96. The molecular weight excluding hydrogens is 304 g/mol. The molecule has 0 heterocycles. The Labute approximate surface area is 145 Å². The average Bonchev–Trinajstić information content (AvgIpc) is 2.56. The largest absolute Gasteiger partial charge is 0.492 e. The number of amides is 1. The highest BCUT2D eigenvalue weighted by atomic mass is 16.5. The number of nitriles is 1. The highest BCUT2D eigenvalue weighted by Gasteiger charge is 2.33. The van der Waals surface area contributed by atoms with E-state index in [0.29, 0.717) is 36.6 Å². The molecule has 0 aromatic heterocycles. The number of nitrogens with one attached hydrogen (secondary N) is 1. The number of carbonyl (C=O) groups excluding carboxylic acids is 1. The highest BCUT2D eigenvalue weighted by molar-refractivity contribution is 5.97. The van der Waals surface area contributed by atoms with Crippen molar-refractivity contribution in [1.82, 2.24) is 0 Å². The van der Waals surface area contributed by atoms with Crippen molar-refractivity contribution in [2.75, 3.05) is 18.5 Å². The molecule has 1 rings (SSSR count). The van der Waals surface area contributed by atoms with Crippen LogP contribution in [0.2, 0.25) is 0 Å². The van der Waals surface area contributed by atoms with Crippen LogP contribution in [0, 0.1) is 11.3 Å². The third-order valence-corrected chi connectivity index (χ3v) is 3.86. The Morgan fingerprint density at radius 2 is 2.00 bits per heavy atom. The fourth-order valence-electron chi connectivity index (χ4n) is 2.52. The molecule has 0 fully saturated rings. The maximum absolute atomic E-state index is 12.7. The van der Waals surface area contributed by atoms with Crippen molar-refractivity contribution in [1.29, 1.82) is 5.26 Å². The predicted octanol–water partition coefficient (Wildman–Crippen LogP) is 4.27. The lowest BCUT2D eigenvalue weighted by molar-refractivity contribution is -0.139. The SMILES string of the molecule is CCCCC[C@](C)(OCC)C(=O)Nc1ccc(OCC)c(C#N)c1. The van der Waals surface area contributed by atoms with Crippen molar-refractivity contribution < 1.29 is 14.3 Å². The Hall–Kier alpha value is -2.06. The van der Waals surface area contributed by atoms with E-state index in [1.807, 2.05) is 20.8 Å². The van der Waals surface area contributed by atoms with Gasteiger partial charge in [-0.15, -0.1) is 0 Å². The molecule has 0 radical (unpaired) electrons. The van der Waals surface area contributed by atoms with E-state index in [2.05, 4.69) is 18.3 Å². The number of hydrogen-bond acceptors (Lipinski definition) is 4. The topological polar surface area (TPSA) is 71.3 Å². The Balaban J connectivity index is 2.88. The molecule has 0 bridgehead atoms. The summed E-state index contributed by atoms with van der Waals surface area (Å²) in [5, 5.41) is 12.1. The minimum absolute atomic E-state index is 0.187. The molecule has 0 unspecified atom stereocenters. The first-order chi connectivity index (χ1) is 11.5. The molecule has 0 saturated carbocycles. The molecule has 1 N–H and O–H groups in total. The van der Waals surface area contributed by atoms with E-state index in [1.54, 1.807) is 18.2 Å². The van der Waals surface area contributed by atoms with Gasteiger partial charge < -0.3 is 14.8 Å². The zero-order valence-corrected chi connectivity index (χ0v) is 15.1. The van der Waals surface area contributed by atoms with E-state index >= 15 is 0 Å². The zero-order valence-electron chi connectivity index (χ0n) is 15.1. The first-order valence-corrected chi connectivity index (χ1v) is 8.63. The molecule has 0 spiro atoms. The van der Waals surface area contributed by atoms with Crippen LogP contribution in [-0.4, -0.2) is 24.7 Å². The predicted molar refractivity (Wildman–Crippen MR) is 95.1 cm³/mol. The summed E-state index contributed by atoms with van der Waals surface area (Å²) in [7, 11) is 0. The maximum Gasteiger partial charge on any atom is 0.256 e. The van der Waals surface area contributed by atoms with Crippen molar-refractivity contribution in [3.05, 3.63) is 23.8 Å². The van der Waals surface area contributed by atoms with Crippen LogP contribution in [0.15, 0.2) is 18.2 Å². The van der Waals surface area contributed by atoms with Gasteiger partial charge in [0.15, 0.2) is 0 Å². The van der Waals surface area contributed by atoms with Crippen molar-refractivity contribution >= 4 is 11.6 Å². The first kappa shape index (κ1) is 20.0. The van der Waals surface area contributed by atoms with Gasteiger partial charge >= 0.3 is 0 Å². The standard InChI is InChI=1S/C19H28N2O3/c1-5-8-9-12-19(4,24-7-3)18(22)21-16-10-11-17(23-6-2)15(13-16)14-20/h10-11,13H,5-9,12H2,1-4H3,(H,21,22)/t19-/m0/s1. The third-order valence-electron chi connectivity index (χ3n) is 3.86. The van der Waals surface area contributed by atoms with Gasteiger partial charge in [-0.05, 0) is 45.4 Å². The number of ether oxygens (including phenoxy) is 2. The van der Waals surface area contributed by atoms with E-state index < -0.39 is 5.60 Å². The van der Waals surface area contributed by atoms with E-state index in [4.69, 9.17) is 9.47 Å². The molecule has 0 aliphatic rings. The molecule has 1 atom stereocenters. The van der Waals surface area contributed by atoms with Crippen LogP contribution in [0.25, 0.3) is 0 Å². The van der Waals surface area contributed by atoms with Crippen molar-refractivity contribution in [3.63, 3.8) is 0 Å². The van der Waals surface area contributed by atoms with Gasteiger partial charge in [0.1, 0.15) is 17.4 Å². The third kappa shape index (κ3) is 5.54. The van der Waals surface area contributed by atoms with Crippen LogP contribution in [0.3, 0.4) is 0 Å². The second-order valence-electron chi connectivity index (χ2n) is 5.83. The monoisotopic (exact) mass is 332 g/mol. The van der Waals surface area contributed by atoms with Crippen LogP contribution in [0.1, 0.15) is 58.9 Å². The van der Waals surface area contributed by atoms with E-state index in [-0.39, 0.29) is 5.91 Å². The summed E-state index contributed by atoms with van der Waals surface area (Å²) in [5.41, 5.74) is 0.107. The van der Waals surface area contributed by atoms with Gasteiger partial charge in [-0.1, -0.05) is 26.2 Å². The highest BCUT2D eigenvalue weighted by Crippen LogP contribution is 2.25. The summed E-state index contributed by atoms with van der Waals surface area (Å²) in [6, 6.07) is 7.16.